The van der Waals surface area contributed by atoms with Gasteiger partial charge in [-0.05, 0) is 69.8 Å². The van der Waals surface area contributed by atoms with E-state index in [0.29, 0.717) is 12.6 Å². The molecule has 0 radical (unpaired) electrons. The number of nitrogens with one attached hydrogen (secondary N) is 1. The van der Waals surface area contributed by atoms with E-state index in [2.05, 4.69) is 86.8 Å². The number of ether oxygens (including phenoxy) is 1. The molecule has 9 heteroatoms. The van der Waals surface area contributed by atoms with Gasteiger partial charge in [0.15, 0.2) is 11.3 Å². The second-order valence-electron chi connectivity index (χ2n) is 12.5. The van der Waals surface area contributed by atoms with Gasteiger partial charge in [0, 0.05) is 61.0 Å². The lowest BCUT2D eigenvalue weighted by Crippen LogP contribution is -2.39. The maximum atomic E-state index is 12.4. The van der Waals surface area contributed by atoms with Crippen LogP contribution in [0.25, 0.3) is 39.1 Å². The molecular weight excluding hydrogens is 562 g/mol. The van der Waals surface area contributed by atoms with Gasteiger partial charge < -0.3 is 15.0 Å². The fraction of sp³-hybridized carbons (Fsp3) is 0.389. The molecule has 45 heavy (non-hydrogen) atoms. The Balaban J connectivity index is 1.00. The van der Waals surface area contributed by atoms with E-state index in [1.807, 2.05) is 29.8 Å². The van der Waals surface area contributed by atoms with E-state index in [1.54, 1.807) is 0 Å². The molecule has 1 N–H and O–H groups in total. The average molecular weight is 604 g/mol. The maximum Gasteiger partial charge on any atom is 0.407 e. The van der Waals surface area contributed by atoms with Gasteiger partial charge in [-0.3, -0.25) is 4.90 Å². The van der Waals surface area contributed by atoms with Crippen LogP contribution >= 0.6 is 0 Å². The predicted molar refractivity (Wildman–Crippen MR) is 177 cm³/mol. The zero-order valence-electron chi connectivity index (χ0n) is 26.2. The molecule has 1 atom stereocenters. The molecule has 0 spiro atoms. The molecule has 2 aromatic carbocycles. The van der Waals surface area contributed by atoms with Crippen molar-refractivity contribution in [1.29, 1.82) is 0 Å². The number of rotatable bonds is 8. The van der Waals surface area contributed by atoms with Gasteiger partial charge in [-0.15, -0.1) is 0 Å². The first-order valence-electron chi connectivity index (χ1n) is 16.2. The minimum atomic E-state index is -0.276. The topological polar surface area (TPSA) is 87.9 Å². The number of aromatic nitrogens is 4. The van der Waals surface area contributed by atoms with E-state index in [4.69, 9.17) is 9.72 Å². The van der Waals surface area contributed by atoms with E-state index in [0.717, 1.165) is 90.2 Å². The van der Waals surface area contributed by atoms with Crippen molar-refractivity contribution in [2.75, 3.05) is 33.2 Å². The summed E-state index contributed by atoms with van der Waals surface area (Å²) in [5.41, 5.74) is 7.93. The minimum absolute atomic E-state index is 0.0200. The summed E-state index contributed by atoms with van der Waals surface area (Å²) in [4.78, 5) is 27.0. The molecule has 1 unspecified atom stereocenters. The Hall–Kier alpha value is -4.34. The highest BCUT2D eigenvalue weighted by atomic mass is 16.6. The summed E-state index contributed by atoms with van der Waals surface area (Å²) < 4.78 is 7.58. The second kappa shape index (κ2) is 12.9. The number of aryl methyl sites for hydroxylation is 1. The number of nitrogens with zero attached hydrogens (tertiary/aromatic N) is 6. The van der Waals surface area contributed by atoms with Crippen LogP contribution in [-0.2, 0) is 11.3 Å². The first kappa shape index (κ1) is 29.4. The number of piperidine rings is 1. The van der Waals surface area contributed by atoms with Crippen LogP contribution in [-0.4, -0.2) is 80.8 Å². The number of hydrogen-bond acceptors (Lipinski definition) is 7. The van der Waals surface area contributed by atoms with Crippen molar-refractivity contribution in [2.45, 2.75) is 57.7 Å². The molecule has 9 nitrogen and oxygen atoms in total. The summed E-state index contributed by atoms with van der Waals surface area (Å²) in [7, 11) is 2.17. The molecule has 7 rings (SSSR count). The third-order valence-electron chi connectivity index (χ3n) is 9.33. The lowest BCUT2D eigenvalue weighted by Gasteiger charge is -2.31. The normalized spacial score (nSPS) is 18.1. The first-order valence-corrected chi connectivity index (χ1v) is 16.2. The van der Waals surface area contributed by atoms with Gasteiger partial charge in [-0.1, -0.05) is 54.6 Å². The quantitative estimate of drug-likeness (QED) is 0.230. The second-order valence-corrected chi connectivity index (χ2v) is 12.5. The van der Waals surface area contributed by atoms with Crippen LogP contribution in [0.3, 0.4) is 0 Å². The summed E-state index contributed by atoms with van der Waals surface area (Å²) >= 11 is 0. The number of carbonyl (C=O) groups is 1. The Morgan fingerprint density at radius 3 is 2.53 bits per heavy atom. The summed E-state index contributed by atoms with van der Waals surface area (Å²) in [5, 5.41) is 8.58. The largest absolute Gasteiger partial charge is 0.446 e. The third kappa shape index (κ3) is 6.55. The monoisotopic (exact) mass is 603 g/mol. The number of pyridine rings is 1. The van der Waals surface area contributed by atoms with Crippen LogP contribution in [0.2, 0.25) is 0 Å². The molecule has 1 amide bonds. The van der Waals surface area contributed by atoms with Crippen LogP contribution in [0.15, 0.2) is 72.9 Å². The van der Waals surface area contributed by atoms with Crippen molar-refractivity contribution in [1.82, 2.24) is 34.7 Å². The number of alkyl carbamates (subject to hydrolysis) is 1. The summed E-state index contributed by atoms with van der Waals surface area (Å²) in [6, 6.07) is 23.9. The van der Waals surface area contributed by atoms with Crippen LogP contribution in [0.5, 0.6) is 0 Å². The number of carbonyl (C=O) groups excluding carboxylic acids is 1. The highest BCUT2D eigenvalue weighted by Crippen LogP contribution is 2.34. The molecule has 2 fully saturated rings. The lowest BCUT2D eigenvalue weighted by molar-refractivity contribution is 0.0485. The molecule has 0 saturated carbocycles. The molecule has 0 aliphatic carbocycles. The van der Waals surface area contributed by atoms with Crippen molar-refractivity contribution in [3.63, 3.8) is 0 Å². The van der Waals surface area contributed by atoms with Crippen LogP contribution in [0.4, 0.5) is 4.79 Å². The average Bonchev–Trinajstić information content (AvgIpc) is 3.66. The van der Waals surface area contributed by atoms with Gasteiger partial charge in [-0.25, -0.2) is 14.8 Å². The van der Waals surface area contributed by atoms with Crippen molar-refractivity contribution >= 4 is 22.8 Å². The number of benzene rings is 2. The lowest BCUT2D eigenvalue weighted by atomic mass is 9.97. The first-order chi connectivity index (χ1) is 22.0. The number of fused-ring (bicyclic) bond motifs is 3. The highest BCUT2D eigenvalue weighted by Gasteiger charge is 2.24. The minimum Gasteiger partial charge on any atom is -0.446 e. The van der Waals surface area contributed by atoms with E-state index in [-0.39, 0.29) is 12.2 Å². The van der Waals surface area contributed by atoms with E-state index in [9.17, 15) is 4.79 Å². The van der Waals surface area contributed by atoms with Crippen molar-refractivity contribution in [3.05, 3.63) is 84.2 Å². The predicted octanol–water partition coefficient (Wildman–Crippen LogP) is 6.09. The van der Waals surface area contributed by atoms with E-state index >= 15 is 0 Å². The van der Waals surface area contributed by atoms with Crippen molar-refractivity contribution in [3.8, 4) is 22.4 Å². The van der Waals surface area contributed by atoms with Crippen LogP contribution < -0.4 is 5.32 Å². The molecule has 5 heterocycles. The zero-order chi connectivity index (χ0) is 30.8. The van der Waals surface area contributed by atoms with Gasteiger partial charge in [-0.2, -0.15) is 9.61 Å². The summed E-state index contributed by atoms with van der Waals surface area (Å²) in [6.45, 7) is 6.48. The third-order valence-corrected chi connectivity index (χ3v) is 9.33. The van der Waals surface area contributed by atoms with Crippen molar-refractivity contribution in [2.24, 2.45) is 0 Å². The fourth-order valence-corrected chi connectivity index (χ4v) is 6.80. The van der Waals surface area contributed by atoms with Gasteiger partial charge in [0.2, 0.25) is 0 Å². The molecule has 2 aliphatic rings. The van der Waals surface area contributed by atoms with E-state index < -0.39 is 0 Å². The number of likely N-dealkylation sites (tertiary alicyclic amines) is 2. The van der Waals surface area contributed by atoms with Gasteiger partial charge in [0.05, 0.1) is 11.4 Å². The molecule has 232 valence electrons. The smallest absolute Gasteiger partial charge is 0.407 e. The van der Waals surface area contributed by atoms with Gasteiger partial charge in [0.25, 0.3) is 0 Å². The summed E-state index contributed by atoms with van der Waals surface area (Å²) in [6.07, 6.45) is 6.75. The Kier molecular flexibility index (Phi) is 8.45. The van der Waals surface area contributed by atoms with Crippen molar-refractivity contribution < 1.29 is 9.53 Å². The highest BCUT2D eigenvalue weighted by molar-refractivity contribution is 5.90. The number of hydrogen-bond donors (Lipinski definition) is 1. The number of amides is 1. The van der Waals surface area contributed by atoms with Crippen LogP contribution in [0.1, 0.15) is 43.4 Å². The Morgan fingerprint density at radius 1 is 0.978 bits per heavy atom. The molecular formula is C36H41N7O2. The van der Waals surface area contributed by atoms with E-state index in [1.165, 1.54) is 18.4 Å². The molecule has 2 saturated heterocycles. The molecule has 2 aliphatic heterocycles. The Labute approximate surface area is 264 Å². The fourth-order valence-electron chi connectivity index (χ4n) is 6.80. The van der Waals surface area contributed by atoms with Crippen LogP contribution in [0, 0.1) is 6.92 Å². The molecule has 5 aromatic rings. The van der Waals surface area contributed by atoms with Gasteiger partial charge in [0.1, 0.15) is 6.10 Å². The van der Waals surface area contributed by atoms with Gasteiger partial charge >= 0.3 is 6.09 Å². The molecule has 0 bridgehead atoms. The maximum absolute atomic E-state index is 12.4. The SMILES string of the molecule is Cc1cc2ncc3cc(-c4ccccc4)c(-c4ccc(CN5CCC(OC(=O)NCCC6CCCN6C)CC5)cc4)nc3n2n1. The molecule has 3 aromatic heterocycles. The Bertz CT molecular complexity index is 1780. The summed E-state index contributed by atoms with van der Waals surface area (Å²) in [5.74, 6) is 0. The Morgan fingerprint density at radius 2 is 1.78 bits per heavy atom. The standard InChI is InChI=1S/C36H41N7O2/c1-25-21-33-38-23-29-22-32(27-7-4-3-5-8-27)34(39-35(29)43(33)40-25)28-12-10-26(11-13-28)24-42-19-15-31(16-20-42)45-36(44)37-17-14-30-9-6-18-41(30)2/h3-5,7-8,10-13,21-23,30-31H,6,9,14-20,24H2,1-2H3,(H,37,44). The zero-order valence-corrected chi connectivity index (χ0v) is 26.2.